The van der Waals surface area contributed by atoms with Crippen LogP contribution in [0.25, 0.3) is 10.2 Å². The zero-order chi connectivity index (χ0) is 13.2. The Kier molecular flexibility index (Phi) is 3.48. The molecule has 0 bridgehead atoms. The molecule has 3 rings (SSSR count). The summed E-state index contributed by atoms with van der Waals surface area (Å²) >= 11 is 1.77. The summed E-state index contributed by atoms with van der Waals surface area (Å²) in [6.45, 7) is 4.89. The predicted molar refractivity (Wildman–Crippen MR) is 77.9 cm³/mol. The van der Waals surface area contributed by atoms with Gasteiger partial charge in [0.2, 0.25) is 0 Å². The first-order chi connectivity index (χ1) is 9.26. The normalized spacial score (nSPS) is 23.2. The van der Waals surface area contributed by atoms with Gasteiger partial charge in [0.15, 0.2) is 0 Å². The number of oxime groups is 1. The summed E-state index contributed by atoms with van der Waals surface area (Å²) in [6.07, 6.45) is 0.850. The number of hydrogen-bond acceptors (Lipinski definition) is 5. The zero-order valence-corrected chi connectivity index (χ0v) is 11.7. The van der Waals surface area contributed by atoms with E-state index in [1.54, 1.807) is 11.3 Å². The van der Waals surface area contributed by atoms with Gasteiger partial charge in [-0.05, 0) is 12.1 Å². The monoisotopic (exact) mass is 275 g/mol. The van der Waals surface area contributed by atoms with Gasteiger partial charge in [-0.15, -0.1) is 11.3 Å². The lowest BCUT2D eigenvalue weighted by Crippen LogP contribution is -2.39. The largest absolute Gasteiger partial charge is 0.411 e. The topological polar surface area (TPSA) is 48.7 Å². The van der Waals surface area contributed by atoms with E-state index >= 15 is 0 Å². The van der Waals surface area contributed by atoms with Gasteiger partial charge in [-0.1, -0.05) is 24.2 Å². The summed E-state index contributed by atoms with van der Waals surface area (Å²) in [5.41, 5.74) is 2.01. The fourth-order valence-corrected chi connectivity index (χ4v) is 3.58. The number of thiazole rings is 1. The molecule has 0 saturated carbocycles. The third kappa shape index (κ3) is 2.62. The van der Waals surface area contributed by atoms with E-state index in [-0.39, 0.29) is 0 Å². The van der Waals surface area contributed by atoms with Crippen LogP contribution in [0.4, 0.5) is 0 Å². The molecule has 5 heteroatoms. The van der Waals surface area contributed by atoms with Crippen LogP contribution in [-0.2, 0) is 6.54 Å². The third-order valence-corrected chi connectivity index (χ3v) is 4.63. The summed E-state index contributed by atoms with van der Waals surface area (Å²) < 4.78 is 1.25. The Morgan fingerprint density at radius 1 is 1.47 bits per heavy atom. The van der Waals surface area contributed by atoms with Crippen molar-refractivity contribution < 1.29 is 5.21 Å². The molecule has 1 aromatic heterocycles. The number of benzene rings is 1. The van der Waals surface area contributed by atoms with Crippen LogP contribution in [0.15, 0.2) is 29.4 Å². The van der Waals surface area contributed by atoms with Crippen molar-refractivity contribution in [3.63, 3.8) is 0 Å². The maximum atomic E-state index is 8.89. The lowest BCUT2D eigenvalue weighted by molar-refractivity contribution is 0.228. The maximum Gasteiger partial charge on any atom is 0.108 e. The van der Waals surface area contributed by atoms with Crippen LogP contribution in [-0.4, -0.2) is 33.9 Å². The second-order valence-electron chi connectivity index (χ2n) is 5.05. The number of rotatable bonds is 2. The Balaban J connectivity index is 1.72. The molecule has 0 radical (unpaired) electrons. The van der Waals surface area contributed by atoms with Crippen LogP contribution in [0.2, 0.25) is 0 Å². The fourth-order valence-electron chi connectivity index (χ4n) is 2.57. The third-order valence-electron chi connectivity index (χ3n) is 3.61. The number of piperidine rings is 1. The molecule has 1 fully saturated rings. The Hall–Kier alpha value is -1.46. The summed E-state index contributed by atoms with van der Waals surface area (Å²) in [6, 6.07) is 8.26. The van der Waals surface area contributed by atoms with Gasteiger partial charge in [0.25, 0.3) is 0 Å². The summed E-state index contributed by atoms with van der Waals surface area (Å²) in [5.74, 6) is 0.327. The molecule has 100 valence electrons. The minimum absolute atomic E-state index is 0.327. The predicted octanol–water partition coefficient (Wildman–Crippen LogP) is 2.97. The minimum atomic E-state index is 0.327. The van der Waals surface area contributed by atoms with Gasteiger partial charge in [-0.25, -0.2) is 4.98 Å². The first-order valence-electron chi connectivity index (χ1n) is 6.54. The lowest BCUT2D eigenvalue weighted by atomic mass is 9.98. The van der Waals surface area contributed by atoms with Crippen LogP contribution in [0, 0.1) is 5.92 Å². The smallest absolute Gasteiger partial charge is 0.108 e. The first-order valence-corrected chi connectivity index (χ1v) is 7.35. The molecule has 0 spiro atoms. The van der Waals surface area contributed by atoms with E-state index in [9.17, 15) is 0 Å². The number of likely N-dealkylation sites (tertiary alicyclic amines) is 1. The van der Waals surface area contributed by atoms with Crippen molar-refractivity contribution in [1.82, 2.24) is 9.88 Å². The molecule has 0 aliphatic carbocycles. The minimum Gasteiger partial charge on any atom is -0.411 e. The lowest BCUT2D eigenvalue weighted by Gasteiger charge is -2.30. The molecular formula is C14H17N3OS. The molecule has 1 aromatic carbocycles. The van der Waals surface area contributed by atoms with E-state index in [2.05, 4.69) is 40.2 Å². The maximum absolute atomic E-state index is 8.89. The SMILES string of the molecule is CC1CN(Cc2nc3ccccc3s2)CC/C1=N\O. The van der Waals surface area contributed by atoms with Crippen LogP contribution < -0.4 is 0 Å². The Morgan fingerprint density at radius 2 is 2.32 bits per heavy atom. The highest BCUT2D eigenvalue weighted by Crippen LogP contribution is 2.24. The average molecular weight is 275 g/mol. The van der Waals surface area contributed by atoms with E-state index in [0.29, 0.717) is 5.92 Å². The molecule has 2 aromatic rings. The fraction of sp³-hybridized carbons (Fsp3) is 0.429. The van der Waals surface area contributed by atoms with Crippen molar-refractivity contribution in [2.24, 2.45) is 11.1 Å². The van der Waals surface area contributed by atoms with Crippen molar-refractivity contribution in [3.05, 3.63) is 29.3 Å². The second-order valence-corrected chi connectivity index (χ2v) is 6.17. The number of hydrogen-bond donors (Lipinski definition) is 1. The molecule has 0 amide bonds. The van der Waals surface area contributed by atoms with Crippen molar-refractivity contribution in [1.29, 1.82) is 0 Å². The molecule has 1 saturated heterocycles. The average Bonchev–Trinajstić information content (AvgIpc) is 2.81. The Bertz CT molecular complexity index is 575. The second kappa shape index (κ2) is 5.27. The van der Waals surface area contributed by atoms with E-state index in [1.165, 1.54) is 4.70 Å². The number of nitrogens with zero attached hydrogens (tertiary/aromatic N) is 3. The van der Waals surface area contributed by atoms with Crippen molar-refractivity contribution in [3.8, 4) is 0 Å². The summed E-state index contributed by atoms with van der Waals surface area (Å²) in [7, 11) is 0. The van der Waals surface area contributed by atoms with E-state index < -0.39 is 0 Å². The molecule has 19 heavy (non-hydrogen) atoms. The van der Waals surface area contributed by atoms with Crippen LogP contribution in [0.5, 0.6) is 0 Å². The highest BCUT2D eigenvalue weighted by Gasteiger charge is 2.23. The highest BCUT2D eigenvalue weighted by atomic mass is 32.1. The van der Waals surface area contributed by atoms with E-state index in [0.717, 1.165) is 42.3 Å². The number of aromatic nitrogens is 1. The number of para-hydroxylation sites is 1. The van der Waals surface area contributed by atoms with Gasteiger partial charge in [0.1, 0.15) is 5.01 Å². The molecule has 1 N–H and O–H groups in total. The van der Waals surface area contributed by atoms with Crippen LogP contribution in [0.1, 0.15) is 18.4 Å². The molecule has 1 aliphatic heterocycles. The first kappa shape index (κ1) is 12.6. The standard InChI is InChI=1S/C14H17N3OS/c1-10-8-17(7-6-11(10)16-18)9-14-15-12-4-2-3-5-13(12)19-14/h2-5,10,18H,6-9H2,1H3/b16-11+. The van der Waals surface area contributed by atoms with Crippen LogP contribution >= 0.6 is 11.3 Å². The zero-order valence-electron chi connectivity index (χ0n) is 10.9. The van der Waals surface area contributed by atoms with Crippen molar-refractivity contribution >= 4 is 27.3 Å². The summed E-state index contributed by atoms with van der Waals surface area (Å²) in [5, 5.41) is 13.4. The van der Waals surface area contributed by atoms with Crippen LogP contribution in [0.3, 0.4) is 0 Å². The summed E-state index contributed by atoms with van der Waals surface area (Å²) in [4.78, 5) is 7.05. The van der Waals surface area contributed by atoms with Gasteiger partial charge in [-0.3, -0.25) is 4.90 Å². The van der Waals surface area contributed by atoms with Gasteiger partial charge in [-0.2, -0.15) is 0 Å². The van der Waals surface area contributed by atoms with Gasteiger partial charge < -0.3 is 5.21 Å². The van der Waals surface area contributed by atoms with E-state index in [4.69, 9.17) is 5.21 Å². The van der Waals surface area contributed by atoms with E-state index in [1.807, 2.05) is 6.07 Å². The molecule has 2 heterocycles. The molecule has 4 nitrogen and oxygen atoms in total. The quantitative estimate of drug-likeness (QED) is 0.677. The Labute approximate surface area is 116 Å². The van der Waals surface area contributed by atoms with Gasteiger partial charge >= 0.3 is 0 Å². The Morgan fingerprint density at radius 3 is 3.05 bits per heavy atom. The van der Waals surface area contributed by atoms with Gasteiger partial charge in [0, 0.05) is 25.4 Å². The van der Waals surface area contributed by atoms with Crippen molar-refractivity contribution in [2.45, 2.75) is 19.9 Å². The molecule has 1 aliphatic rings. The molecular weight excluding hydrogens is 258 g/mol. The molecule has 1 unspecified atom stereocenters. The molecule has 1 atom stereocenters. The highest BCUT2D eigenvalue weighted by molar-refractivity contribution is 7.18. The van der Waals surface area contributed by atoms with Gasteiger partial charge in [0.05, 0.1) is 22.5 Å². The van der Waals surface area contributed by atoms with Crippen molar-refractivity contribution in [2.75, 3.05) is 13.1 Å². The number of fused-ring (bicyclic) bond motifs is 1.